The number of hydrogen-bond donors (Lipinski definition) is 1. The molecule has 1 N–H and O–H groups in total. The van der Waals surface area contributed by atoms with Crippen LogP contribution in [0.15, 0.2) is 0 Å². The Balaban J connectivity index is 3.76. The second-order valence-electron chi connectivity index (χ2n) is 2.63. The molecule has 0 aromatic heterocycles. The van der Waals surface area contributed by atoms with E-state index >= 15 is 0 Å². The summed E-state index contributed by atoms with van der Waals surface area (Å²) in [5.74, 6) is 0. The number of rotatable bonds is 4. The molecule has 0 heterocycles. The molecule has 0 saturated carbocycles. The van der Waals surface area contributed by atoms with Gasteiger partial charge in [0.2, 0.25) is 0 Å². The van der Waals surface area contributed by atoms with Crippen molar-refractivity contribution >= 4 is 26.5 Å². The molecule has 0 saturated heterocycles. The first-order valence-electron chi connectivity index (χ1n) is 3.78. The monoisotopic (exact) mass is 249 g/mol. The van der Waals surface area contributed by atoms with Crippen LogP contribution < -0.4 is 0 Å². The van der Waals surface area contributed by atoms with Crippen molar-refractivity contribution in [2.75, 3.05) is 27.2 Å². The van der Waals surface area contributed by atoms with Crippen LogP contribution in [0.25, 0.3) is 0 Å². The summed E-state index contributed by atoms with van der Waals surface area (Å²) in [7, 11) is 3.18. The summed E-state index contributed by atoms with van der Waals surface area (Å²) in [5.41, 5.74) is 1.87. The van der Waals surface area contributed by atoms with E-state index in [1.807, 2.05) is 5.71 Å². The zero-order valence-electron chi connectivity index (χ0n) is 8.02. The fourth-order valence-corrected chi connectivity index (χ4v) is 1.59. The number of amides is 2. The minimum atomic E-state index is -0.967. The van der Waals surface area contributed by atoms with Crippen molar-refractivity contribution in [3.8, 4) is 0 Å². The van der Waals surface area contributed by atoms with Gasteiger partial charge in [0, 0.05) is 0 Å². The molecule has 0 aromatic carbocycles. The van der Waals surface area contributed by atoms with Gasteiger partial charge in [0.05, 0.1) is 0 Å². The SMILES string of the molecule is C[As]C(=O)N(C)CCN(C)C(=O)O. The number of likely N-dealkylation sites (N-methyl/N-ethyl adjacent to an activating group) is 2. The van der Waals surface area contributed by atoms with Crippen molar-refractivity contribution in [3.63, 3.8) is 0 Å². The maximum absolute atomic E-state index is 11.1. The Kier molecular flexibility index (Phi) is 5.54. The van der Waals surface area contributed by atoms with Crippen LogP contribution in [-0.4, -0.2) is 68.6 Å². The molecule has 1 radical (unpaired) electrons. The third-order valence-corrected chi connectivity index (χ3v) is 3.13. The summed E-state index contributed by atoms with van der Waals surface area (Å²) in [6.45, 7) is 0.823. The van der Waals surface area contributed by atoms with Gasteiger partial charge < -0.3 is 0 Å². The van der Waals surface area contributed by atoms with Crippen LogP contribution in [-0.2, 0) is 0 Å². The third-order valence-electron chi connectivity index (χ3n) is 1.62. The number of carboxylic acid groups (broad SMARTS) is 1. The summed E-state index contributed by atoms with van der Waals surface area (Å²) in [5, 5.41) is 8.52. The van der Waals surface area contributed by atoms with Crippen molar-refractivity contribution in [3.05, 3.63) is 0 Å². The van der Waals surface area contributed by atoms with Crippen molar-refractivity contribution in [2.24, 2.45) is 0 Å². The van der Waals surface area contributed by atoms with Crippen LogP contribution in [0.1, 0.15) is 0 Å². The van der Waals surface area contributed by atoms with Crippen LogP contribution in [0.3, 0.4) is 0 Å². The van der Waals surface area contributed by atoms with E-state index in [9.17, 15) is 9.59 Å². The van der Waals surface area contributed by atoms with Gasteiger partial charge in [-0.25, -0.2) is 0 Å². The molecule has 0 rings (SSSR count). The number of nitrogens with zero attached hydrogens (tertiary/aromatic N) is 2. The Morgan fingerprint density at radius 3 is 2.08 bits per heavy atom. The minimum absolute atomic E-state index is 0.120. The Morgan fingerprint density at radius 2 is 1.69 bits per heavy atom. The number of carbonyl (C=O) groups excluding carboxylic acids is 1. The van der Waals surface area contributed by atoms with Gasteiger partial charge in [-0.1, -0.05) is 0 Å². The summed E-state index contributed by atoms with van der Waals surface area (Å²) in [6.07, 6.45) is -0.967. The normalized spacial score (nSPS) is 10.4. The predicted molar refractivity (Wildman–Crippen MR) is 50.3 cm³/mol. The average Bonchev–Trinajstić information content (AvgIpc) is 2.11. The third kappa shape index (κ3) is 4.78. The molecule has 0 aliphatic heterocycles. The molecule has 6 heteroatoms. The maximum atomic E-state index is 11.1. The summed E-state index contributed by atoms with van der Waals surface area (Å²) < 4.78 is 0.120. The van der Waals surface area contributed by atoms with Gasteiger partial charge in [-0.15, -0.1) is 0 Å². The van der Waals surface area contributed by atoms with Crippen molar-refractivity contribution < 1.29 is 14.7 Å². The molecule has 0 aliphatic carbocycles. The van der Waals surface area contributed by atoms with E-state index in [1.54, 1.807) is 11.9 Å². The molecule has 2 amide bonds. The van der Waals surface area contributed by atoms with Crippen molar-refractivity contribution in [1.29, 1.82) is 0 Å². The van der Waals surface area contributed by atoms with E-state index < -0.39 is 6.09 Å². The van der Waals surface area contributed by atoms with Crippen LogP contribution in [0.5, 0.6) is 0 Å². The summed E-state index contributed by atoms with van der Waals surface area (Å²) >= 11 is -0.293. The van der Waals surface area contributed by atoms with E-state index in [-0.39, 0.29) is 20.4 Å². The van der Waals surface area contributed by atoms with Gasteiger partial charge in [-0.3, -0.25) is 0 Å². The van der Waals surface area contributed by atoms with E-state index in [2.05, 4.69) is 0 Å². The zero-order valence-corrected chi connectivity index (χ0v) is 9.90. The molecule has 0 aromatic rings. The predicted octanol–water partition coefficient (Wildman–Crippen LogP) is 0.400. The van der Waals surface area contributed by atoms with Crippen molar-refractivity contribution in [2.45, 2.75) is 5.71 Å². The first-order chi connectivity index (χ1) is 5.99. The second-order valence-corrected chi connectivity index (χ2v) is 4.37. The van der Waals surface area contributed by atoms with E-state index in [0.717, 1.165) is 4.90 Å². The van der Waals surface area contributed by atoms with E-state index in [1.165, 1.54) is 7.05 Å². The topological polar surface area (TPSA) is 60.9 Å². The van der Waals surface area contributed by atoms with Crippen molar-refractivity contribution in [1.82, 2.24) is 9.80 Å². The van der Waals surface area contributed by atoms with Gasteiger partial charge in [-0.05, 0) is 0 Å². The molecule has 0 unspecified atom stereocenters. The molecule has 0 atom stereocenters. The molecule has 75 valence electrons. The second kappa shape index (κ2) is 5.86. The van der Waals surface area contributed by atoms with Gasteiger partial charge >= 0.3 is 83.9 Å². The summed E-state index contributed by atoms with van der Waals surface area (Å²) in [6, 6.07) is 0. The average molecular weight is 249 g/mol. The first-order valence-corrected chi connectivity index (χ1v) is 6.59. The van der Waals surface area contributed by atoms with E-state index in [4.69, 9.17) is 5.11 Å². The Bertz CT molecular complexity index is 198. The van der Waals surface area contributed by atoms with Crippen LogP contribution in [0.2, 0.25) is 5.71 Å². The standard InChI is InChI=1S/C7H14AsN2O3/c1-8-6(11)9(2)4-5-10(3)7(12)13/h4-5H2,1-3H3,(H,12,13). The molecule has 0 spiro atoms. The Labute approximate surface area is 84.4 Å². The Hall–Kier alpha value is -0.702. The number of hydrogen-bond acceptors (Lipinski definition) is 2. The van der Waals surface area contributed by atoms with Crippen LogP contribution in [0, 0.1) is 0 Å². The molecule has 0 fully saturated rings. The molecule has 5 nitrogen and oxygen atoms in total. The fraction of sp³-hybridized carbons (Fsp3) is 0.714. The van der Waals surface area contributed by atoms with Crippen LogP contribution >= 0.6 is 0 Å². The van der Waals surface area contributed by atoms with Crippen LogP contribution in [0.4, 0.5) is 9.59 Å². The molecule has 0 aliphatic rings. The van der Waals surface area contributed by atoms with Gasteiger partial charge in [0.1, 0.15) is 0 Å². The van der Waals surface area contributed by atoms with Gasteiger partial charge in [0.25, 0.3) is 0 Å². The molecule has 13 heavy (non-hydrogen) atoms. The quantitative estimate of drug-likeness (QED) is 0.733. The molecule has 0 bridgehead atoms. The van der Waals surface area contributed by atoms with Gasteiger partial charge in [0.15, 0.2) is 0 Å². The number of carbonyl (C=O) groups is 2. The molecular weight excluding hydrogens is 235 g/mol. The summed E-state index contributed by atoms with van der Waals surface area (Å²) in [4.78, 5) is 24.2. The Morgan fingerprint density at radius 1 is 1.23 bits per heavy atom. The first kappa shape index (κ1) is 12.3. The fourth-order valence-electron chi connectivity index (χ4n) is 0.662. The van der Waals surface area contributed by atoms with Gasteiger partial charge in [-0.2, -0.15) is 0 Å². The molecular formula is C7H14AsN2O3. The zero-order chi connectivity index (χ0) is 10.4. The van der Waals surface area contributed by atoms with E-state index in [0.29, 0.717) is 13.1 Å².